The number of nitrogens with zero attached hydrogens (tertiary/aromatic N) is 1. The van der Waals surface area contributed by atoms with E-state index < -0.39 is 11.9 Å². The van der Waals surface area contributed by atoms with Gasteiger partial charge in [0.2, 0.25) is 0 Å². The molecule has 0 unspecified atom stereocenters. The fraction of sp³-hybridized carbons (Fsp3) is 0.286. The lowest BCUT2D eigenvalue weighted by atomic mass is 10.0. The number of likely N-dealkylation sites (tertiary alicyclic amines) is 1. The van der Waals surface area contributed by atoms with Crippen LogP contribution < -0.4 is 10.6 Å². The minimum atomic E-state index is -0.565. The molecule has 1 saturated heterocycles. The van der Waals surface area contributed by atoms with Gasteiger partial charge in [0, 0.05) is 31.7 Å². The molecule has 1 aliphatic rings. The van der Waals surface area contributed by atoms with E-state index in [2.05, 4.69) is 66.1 Å². The van der Waals surface area contributed by atoms with Crippen LogP contribution in [0, 0.1) is 5.82 Å². The molecule has 6 nitrogen and oxygen atoms in total. The van der Waals surface area contributed by atoms with Crippen molar-refractivity contribution in [3.05, 3.63) is 139 Å². The zero-order valence-electron chi connectivity index (χ0n) is 24.3. The molecule has 1 heterocycles. The third-order valence-corrected chi connectivity index (χ3v) is 7.18. The Kier molecular flexibility index (Phi) is 13.0. The van der Waals surface area contributed by atoms with Crippen LogP contribution in [-0.2, 0) is 24.1 Å². The maximum Gasteiger partial charge on any atom is 0.411 e. The quantitative estimate of drug-likeness (QED) is 0.168. The van der Waals surface area contributed by atoms with Gasteiger partial charge in [-0.1, -0.05) is 87.0 Å². The van der Waals surface area contributed by atoms with E-state index in [4.69, 9.17) is 4.74 Å². The summed E-state index contributed by atoms with van der Waals surface area (Å²) >= 11 is 0. The topological polar surface area (TPSA) is 73.8 Å². The number of allylic oxidation sites excluding steroid dienone is 6. The summed E-state index contributed by atoms with van der Waals surface area (Å²) in [7, 11) is 0. The zero-order valence-corrected chi connectivity index (χ0v) is 24.3. The van der Waals surface area contributed by atoms with Gasteiger partial charge in [0.15, 0.2) is 11.6 Å². The standard InChI is InChI=1S/C35H42FN3O3/c1-5-7-10-26(3)27(4)32(9-6-2)38-35(41)42-31-19-23-39(24-20-31)22-18-29-15-13-28(14-16-29)17-21-37-25-30-11-8-12-33(40)34(30)36/h5-16,31,37,40H,1-4,17-25H2,(H,38,41)/b10-7-,32-9+. The van der Waals surface area contributed by atoms with Crippen LogP contribution in [0.1, 0.15) is 29.5 Å². The maximum atomic E-state index is 13.9. The highest BCUT2D eigenvalue weighted by Crippen LogP contribution is 2.19. The third-order valence-electron chi connectivity index (χ3n) is 7.18. The molecule has 0 atom stereocenters. The molecule has 1 fully saturated rings. The van der Waals surface area contributed by atoms with E-state index in [-0.39, 0.29) is 11.9 Å². The molecular formula is C35H42FN3O3. The SMILES string of the molecule is C=C/C=C\C(=C)C(=C)/C(=C\C=C)NC(=O)OC1CCN(CCc2ccc(CCNCc3cccc(O)c3F)cc2)CC1. The number of phenolic OH excluding ortho intramolecular Hbond substituents is 1. The number of piperidine rings is 1. The van der Waals surface area contributed by atoms with E-state index in [1.165, 1.54) is 17.2 Å². The Hall–Kier alpha value is -4.20. The number of hydrogen-bond donors (Lipinski definition) is 3. The van der Waals surface area contributed by atoms with Crippen LogP contribution in [0.4, 0.5) is 9.18 Å². The number of benzene rings is 2. The molecule has 0 saturated carbocycles. The number of aromatic hydroxyl groups is 1. The molecule has 1 aliphatic heterocycles. The summed E-state index contributed by atoms with van der Waals surface area (Å²) in [6.45, 7) is 19.1. The van der Waals surface area contributed by atoms with E-state index in [0.717, 1.165) is 45.3 Å². The van der Waals surface area contributed by atoms with Crippen LogP contribution in [0.15, 0.2) is 116 Å². The van der Waals surface area contributed by atoms with Gasteiger partial charge in [-0.2, -0.15) is 0 Å². The Bertz CT molecular complexity index is 1310. The summed E-state index contributed by atoms with van der Waals surface area (Å²) in [5.41, 5.74) is 4.68. The molecule has 0 bridgehead atoms. The first-order valence-electron chi connectivity index (χ1n) is 14.3. The molecule has 2 aromatic carbocycles. The van der Waals surface area contributed by atoms with Crippen molar-refractivity contribution in [2.24, 2.45) is 0 Å². The van der Waals surface area contributed by atoms with Crippen molar-refractivity contribution in [2.45, 2.75) is 38.3 Å². The zero-order chi connectivity index (χ0) is 30.3. The number of carbonyl (C=O) groups is 1. The molecular weight excluding hydrogens is 529 g/mol. The van der Waals surface area contributed by atoms with Crippen LogP contribution in [0.25, 0.3) is 0 Å². The molecule has 222 valence electrons. The first-order chi connectivity index (χ1) is 20.3. The van der Waals surface area contributed by atoms with Gasteiger partial charge in [-0.3, -0.25) is 5.32 Å². The third kappa shape index (κ3) is 10.3. The number of ether oxygens (including phenoxy) is 1. The Morgan fingerprint density at radius 2 is 1.74 bits per heavy atom. The van der Waals surface area contributed by atoms with E-state index in [1.807, 2.05) is 0 Å². The largest absolute Gasteiger partial charge is 0.505 e. The number of amides is 1. The summed E-state index contributed by atoms with van der Waals surface area (Å²) in [6.07, 6.45) is 11.1. The molecule has 42 heavy (non-hydrogen) atoms. The Balaban J connectivity index is 1.34. The number of carbonyl (C=O) groups excluding carboxylic acids is 1. The summed E-state index contributed by atoms with van der Waals surface area (Å²) in [6, 6.07) is 13.3. The van der Waals surface area contributed by atoms with Gasteiger partial charge >= 0.3 is 6.09 Å². The molecule has 0 aromatic heterocycles. The lowest BCUT2D eigenvalue weighted by Gasteiger charge is -2.31. The molecule has 1 amide bonds. The number of alkyl carbamates (subject to hydrolysis) is 1. The van der Waals surface area contributed by atoms with Gasteiger partial charge in [0.1, 0.15) is 6.10 Å². The fourth-order valence-corrected chi connectivity index (χ4v) is 4.65. The number of hydrogen-bond acceptors (Lipinski definition) is 5. The normalized spacial score (nSPS) is 14.5. The van der Waals surface area contributed by atoms with Gasteiger partial charge < -0.3 is 20.1 Å². The Morgan fingerprint density at radius 3 is 2.40 bits per heavy atom. The lowest BCUT2D eigenvalue weighted by Crippen LogP contribution is -2.40. The van der Waals surface area contributed by atoms with E-state index >= 15 is 0 Å². The minimum Gasteiger partial charge on any atom is -0.505 e. The van der Waals surface area contributed by atoms with Crippen molar-refractivity contribution in [3.63, 3.8) is 0 Å². The van der Waals surface area contributed by atoms with Crippen molar-refractivity contribution in [1.29, 1.82) is 0 Å². The number of rotatable bonds is 15. The molecule has 0 aliphatic carbocycles. The van der Waals surface area contributed by atoms with Gasteiger partial charge in [-0.25, -0.2) is 9.18 Å². The highest BCUT2D eigenvalue weighted by Gasteiger charge is 2.23. The van der Waals surface area contributed by atoms with Crippen molar-refractivity contribution in [3.8, 4) is 5.75 Å². The minimum absolute atomic E-state index is 0.139. The second-order valence-corrected chi connectivity index (χ2v) is 10.2. The predicted molar refractivity (Wildman–Crippen MR) is 169 cm³/mol. The number of phenols is 1. The monoisotopic (exact) mass is 571 g/mol. The second kappa shape index (κ2) is 16.9. The van der Waals surface area contributed by atoms with E-state index in [0.29, 0.717) is 35.5 Å². The maximum absolute atomic E-state index is 13.9. The van der Waals surface area contributed by atoms with Crippen LogP contribution in [0.5, 0.6) is 5.75 Å². The lowest BCUT2D eigenvalue weighted by molar-refractivity contribution is 0.0527. The molecule has 7 heteroatoms. The highest BCUT2D eigenvalue weighted by molar-refractivity contribution is 5.72. The van der Waals surface area contributed by atoms with Crippen molar-refractivity contribution in [1.82, 2.24) is 15.5 Å². The van der Waals surface area contributed by atoms with Gasteiger partial charge in [0.05, 0.1) is 5.70 Å². The van der Waals surface area contributed by atoms with Crippen LogP contribution >= 0.6 is 0 Å². The predicted octanol–water partition coefficient (Wildman–Crippen LogP) is 6.52. The molecule has 2 aromatic rings. The Labute approximate surface area is 249 Å². The van der Waals surface area contributed by atoms with Gasteiger partial charge in [-0.05, 0) is 66.6 Å². The molecule has 3 rings (SSSR count). The highest BCUT2D eigenvalue weighted by atomic mass is 19.1. The van der Waals surface area contributed by atoms with Crippen molar-refractivity contribution >= 4 is 6.09 Å². The second-order valence-electron chi connectivity index (χ2n) is 10.2. The van der Waals surface area contributed by atoms with Gasteiger partial charge in [-0.15, -0.1) is 0 Å². The first kappa shape index (κ1) is 32.3. The fourth-order valence-electron chi connectivity index (χ4n) is 4.65. The van der Waals surface area contributed by atoms with E-state index in [1.54, 1.807) is 42.5 Å². The average Bonchev–Trinajstić information content (AvgIpc) is 2.99. The van der Waals surface area contributed by atoms with Crippen molar-refractivity contribution < 1.29 is 19.0 Å². The molecule has 0 spiro atoms. The first-order valence-corrected chi connectivity index (χ1v) is 14.3. The molecule has 3 N–H and O–H groups in total. The summed E-state index contributed by atoms with van der Waals surface area (Å²) in [5, 5.41) is 15.5. The molecule has 0 radical (unpaired) electrons. The smallest absolute Gasteiger partial charge is 0.411 e. The summed E-state index contributed by atoms with van der Waals surface area (Å²) in [4.78, 5) is 15.0. The summed E-state index contributed by atoms with van der Waals surface area (Å²) in [5.74, 6) is -0.885. The number of halogens is 1. The van der Waals surface area contributed by atoms with Crippen LogP contribution in [0.2, 0.25) is 0 Å². The Morgan fingerprint density at radius 1 is 1.05 bits per heavy atom. The van der Waals surface area contributed by atoms with Crippen LogP contribution in [0.3, 0.4) is 0 Å². The van der Waals surface area contributed by atoms with Crippen molar-refractivity contribution in [2.75, 3.05) is 26.2 Å². The average molecular weight is 572 g/mol. The number of nitrogens with one attached hydrogen (secondary N) is 2. The van der Waals surface area contributed by atoms with Gasteiger partial charge in [0.25, 0.3) is 0 Å². The summed E-state index contributed by atoms with van der Waals surface area (Å²) < 4.78 is 19.6. The van der Waals surface area contributed by atoms with E-state index in [9.17, 15) is 14.3 Å². The van der Waals surface area contributed by atoms with Crippen LogP contribution in [-0.4, -0.2) is 48.4 Å².